The molecule has 0 saturated heterocycles. The van der Waals surface area contributed by atoms with Crippen molar-refractivity contribution in [2.75, 3.05) is 50.3 Å². The molecule has 5 N–H and O–H groups in total. The van der Waals surface area contributed by atoms with Crippen LogP contribution in [0, 0.1) is 30.5 Å². The van der Waals surface area contributed by atoms with E-state index in [1.807, 2.05) is 4.90 Å². The summed E-state index contributed by atoms with van der Waals surface area (Å²) in [6.45, 7) is 11.4. The van der Waals surface area contributed by atoms with Crippen LogP contribution in [0.1, 0.15) is 106 Å². The molecule has 6 aliphatic rings. The van der Waals surface area contributed by atoms with E-state index in [0.29, 0.717) is 89.8 Å². The number of halogens is 1. The van der Waals surface area contributed by atoms with Gasteiger partial charge in [0.05, 0.1) is 40.8 Å². The van der Waals surface area contributed by atoms with Crippen molar-refractivity contribution in [1.29, 1.82) is 0 Å². The van der Waals surface area contributed by atoms with E-state index in [1.54, 1.807) is 58.0 Å². The number of amides is 7. The van der Waals surface area contributed by atoms with Crippen molar-refractivity contribution < 1.29 is 70.5 Å². The Labute approximate surface area is 479 Å². The number of benzene rings is 2. The van der Waals surface area contributed by atoms with Crippen LogP contribution in [0.25, 0.3) is 16.6 Å². The van der Waals surface area contributed by atoms with Gasteiger partial charge in [-0.2, -0.15) is 0 Å². The van der Waals surface area contributed by atoms with Crippen LogP contribution in [0.4, 0.5) is 14.9 Å². The fourth-order valence-electron chi connectivity index (χ4n) is 11.6. The number of aryl methyl sites for hydroxylation is 1. The molecule has 0 bridgehead atoms. The maximum Gasteiger partial charge on any atom is 0.411 e. The molecule has 2 aliphatic carbocycles. The lowest BCUT2D eigenvalue weighted by molar-refractivity contribution is -0.141. The molecule has 83 heavy (non-hydrogen) atoms. The van der Waals surface area contributed by atoms with Gasteiger partial charge >= 0.3 is 12.1 Å². The Kier molecular flexibility index (Phi) is 17.4. The van der Waals surface area contributed by atoms with E-state index in [0.717, 1.165) is 27.8 Å². The average molecular weight is 1170 g/mol. The summed E-state index contributed by atoms with van der Waals surface area (Å²) in [4.78, 5) is 114. The van der Waals surface area contributed by atoms with Crippen LogP contribution in [-0.4, -0.2) is 143 Å². The summed E-state index contributed by atoms with van der Waals surface area (Å²) < 4.78 is 56.6. The predicted molar refractivity (Wildman–Crippen MR) is 300 cm³/mol. The van der Waals surface area contributed by atoms with E-state index in [4.69, 9.17) is 19.2 Å². The largest absolute Gasteiger partial charge is 0.444 e. The van der Waals surface area contributed by atoms with Crippen molar-refractivity contribution >= 4 is 79.6 Å². The van der Waals surface area contributed by atoms with E-state index in [-0.39, 0.29) is 79.5 Å². The van der Waals surface area contributed by atoms with Crippen molar-refractivity contribution in [3.63, 3.8) is 0 Å². The van der Waals surface area contributed by atoms with Gasteiger partial charge in [-0.05, 0) is 111 Å². The monoisotopic (exact) mass is 1160 g/mol. The van der Waals surface area contributed by atoms with Gasteiger partial charge in [0, 0.05) is 72.2 Å². The first-order chi connectivity index (χ1) is 39.3. The van der Waals surface area contributed by atoms with E-state index >= 15 is 4.39 Å². The lowest BCUT2D eigenvalue weighted by Gasteiger charge is -2.39. The number of cyclic esters (lactones) is 1. The van der Waals surface area contributed by atoms with Crippen molar-refractivity contribution in [3.8, 4) is 0 Å². The Morgan fingerprint density at radius 3 is 2.34 bits per heavy atom. The number of pyridine rings is 1. The predicted octanol–water partition coefficient (Wildman–Crippen LogP) is 4.44. The quantitative estimate of drug-likeness (QED) is 0.0594. The number of hydrogen-bond acceptors (Lipinski definition) is 16. The number of sulfone groups is 1. The molecule has 4 atom stereocenters. The SMILES string of the molecule is C=C1OC(=O)C2=C(C=C3c4nc5cc(F)c(C)c6c5c(c4CN3C2)[C@@H](NC(=O)COCN(CCS(C)(=O)=O)C(=O)OCc2ccc(NC(=O)[C@H](C)NC(=O)[C@@H](NC(=O)C3CCC(CN4C(=O)C=CC4=O)CC3)C(C)C)cc2)CC6)[C@@]1(O)CC. The fraction of sp³-hybridized carbons (Fsp3) is 0.475. The number of carbonyl (C=O) groups is 8. The minimum Gasteiger partial charge on any atom is -0.444 e. The summed E-state index contributed by atoms with van der Waals surface area (Å²) in [5.74, 6) is -4.73. The van der Waals surface area contributed by atoms with Gasteiger partial charge in [0.1, 0.15) is 59.0 Å². The average Bonchev–Trinajstić information content (AvgIpc) is 2.91. The molecule has 24 heteroatoms. The number of ether oxygens (including phenoxy) is 3. The van der Waals surface area contributed by atoms with E-state index in [9.17, 15) is 51.9 Å². The van der Waals surface area contributed by atoms with Crippen LogP contribution in [-0.2, 0) is 77.2 Å². The van der Waals surface area contributed by atoms with Gasteiger partial charge in [-0.3, -0.25) is 38.6 Å². The fourth-order valence-corrected chi connectivity index (χ4v) is 12.2. The summed E-state index contributed by atoms with van der Waals surface area (Å²) >= 11 is 0. The van der Waals surface area contributed by atoms with Gasteiger partial charge in [-0.25, -0.2) is 27.4 Å². The Morgan fingerprint density at radius 2 is 1.67 bits per heavy atom. The summed E-state index contributed by atoms with van der Waals surface area (Å²) in [5, 5.41) is 23.7. The number of fused-ring (bicyclic) bond motifs is 4. The molecule has 442 valence electrons. The molecule has 9 rings (SSSR count). The van der Waals surface area contributed by atoms with Gasteiger partial charge in [-0.1, -0.05) is 39.5 Å². The van der Waals surface area contributed by atoms with Crippen LogP contribution in [0.2, 0.25) is 0 Å². The normalized spacial score (nSPS) is 21.7. The molecule has 0 radical (unpaired) electrons. The molecule has 1 fully saturated rings. The van der Waals surface area contributed by atoms with Gasteiger partial charge in [-0.15, -0.1) is 0 Å². The highest BCUT2D eigenvalue weighted by atomic mass is 32.2. The third kappa shape index (κ3) is 12.7. The number of esters is 1. The number of anilines is 1. The van der Waals surface area contributed by atoms with E-state index < -0.39 is 88.3 Å². The van der Waals surface area contributed by atoms with Crippen LogP contribution < -0.4 is 21.3 Å². The molecule has 4 aliphatic heterocycles. The molecule has 5 heterocycles. The number of carbonyl (C=O) groups excluding carboxylic acids is 8. The highest BCUT2D eigenvalue weighted by Crippen LogP contribution is 2.49. The molecule has 3 aromatic rings. The van der Waals surface area contributed by atoms with Crippen LogP contribution in [0.15, 0.2) is 72.0 Å². The smallest absolute Gasteiger partial charge is 0.411 e. The molecule has 22 nitrogen and oxygen atoms in total. The molecular weight excluding hydrogens is 1100 g/mol. The van der Waals surface area contributed by atoms with Crippen molar-refractivity contribution in [2.24, 2.45) is 17.8 Å². The first-order valence-corrected chi connectivity index (χ1v) is 29.9. The van der Waals surface area contributed by atoms with Crippen LogP contribution in [0.5, 0.6) is 0 Å². The number of aliphatic hydroxyl groups is 1. The second kappa shape index (κ2) is 24.2. The topological polar surface area (TPSA) is 289 Å². The minimum absolute atomic E-state index is 0.0769. The summed E-state index contributed by atoms with van der Waals surface area (Å²) in [6, 6.07) is 5.14. The minimum atomic E-state index is -3.57. The van der Waals surface area contributed by atoms with Crippen molar-refractivity contribution in [1.82, 2.24) is 35.6 Å². The number of rotatable bonds is 20. The lowest BCUT2D eigenvalue weighted by atomic mass is 9.81. The van der Waals surface area contributed by atoms with Gasteiger partial charge < -0.3 is 45.5 Å². The number of hydrogen-bond donors (Lipinski definition) is 5. The second-order valence-corrected chi connectivity index (χ2v) is 24.8. The Balaban J connectivity index is 0.773. The summed E-state index contributed by atoms with van der Waals surface area (Å²) in [6.07, 6.45) is 7.65. The van der Waals surface area contributed by atoms with Crippen molar-refractivity contribution in [3.05, 3.63) is 111 Å². The first kappa shape index (κ1) is 59.8. The molecule has 1 aromatic heterocycles. The van der Waals surface area contributed by atoms with E-state index in [2.05, 4.69) is 27.8 Å². The molecule has 0 unspecified atom stereocenters. The first-order valence-electron chi connectivity index (χ1n) is 27.8. The number of aromatic nitrogens is 1. The van der Waals surface area contributed by atoms with Crippen molar-refractivity contribution in [2.45, 2.75) is 116 Å². The maximum atomic E-state index is 15.5. The Bertz CT molecular complexity index is 3410. The highest BCUT2D eigenvalue weighted by Gasteiger charge is 2.48. The van der Waals surface area contributed by atoms with E-state index in [1.165, 1.54) is 30.0 Å². The number of imide groups is 1. The lowest BCUT2D eigenvalue weighted by Crippen LogP contribution is -2.54. The molecule has 1 saturated carbocycles. The van der Waals surface area contributed by atoms with Crippen LogP contribution >= 0.6 is 0 Å². The Hall–Kier alpha value is -7.83. The number of nitrogens with one attached hydrogen (secondary N) is 4. The molecular formula is C59H69FN8O14S. The summed E-state index contributed by atoms with van der Waals surface area (Å²) in [7, 11) is -3.57. The molecule has 7 amide bonds. The third-order valence-corrected chi connectivity index (χ3v) is 17.4. The van der Waals surface area contributed by atoms with Gasteiger partial charge in [0.15, 0.2) is 0 Å². The van der Waals surface area contributed by atoms with Crippen LogP contribution in [0.3, 0.4) is 0 Å². The molecule has 0 spiro atoms. The number of nitrogens with zero attached hydrogens (tertiary/aromatic N) is 4. The Morgan fingerprint density at radius 1 is 0.976 bits per heavy atom. The van der Waals surface area contributed by atoms with Gasteiger partial charge in [0.2, 0.25) is 23.6 Å². The second-order valence-electron chi connectivity index (χ2n) is 22.6. The molecule has 2 aromatic carbocycles. The zero-order valence-electron chi connectivity index (χ0n) is 47.2. The standard InChI is InChI=1S/C59H69FN8O14S/c1-8-59(77)34(6)82-57(75)40-26-67-27-41-51-44(18-17-39-32(4)43(60)24-45(50(39)51)64-53(41)46(67)23-42(40)59)63-47(69)29-80-30-66(21-22-83(7,78)79)58(76)81-28-36-11-15-38(16-12-36)62-54(72)33(5)61-56(74)52(31(2)3)65-55(73)37-13-9-35(10-14-37)25-68-48(70)19-20-49(68)71/h11-12,15-16,19-20,23-24,31,33,35,37,44,52,77H,6,8-10,13-14,17-18,21-22,25-30H2,1-5,7H3,(H,61,74)(H,62,72)(H,63,69)(H,65,73)/t33-,35?,37?,44-,52-,59+/m0/s1. The zero-order chi connectivity index (χ0) is 59.8. The summed E-state index contributed by atoms with van der Waals surface area (Å²) in [5.41, 5.74) is 4.13. The third-order valence-electron chi connectivity index (χ3n) is 16.5. The van der Waals surface area contributed by atoms with Gasteiger partial charge in [0.25, 0.3) is 11.8 Å². The maximum absolute atomic E-state index is 15.5. The zero-order valence-corrected chi connectivity index (χ0v) is 48.0. The highest BCUT2D eigenvalue weighted by molar-refractivity contribution is 7.90.